The summed E-state index contributed by atoms with van der Waals surface area (Å²) in [5, 5.41) is 13.7. The van der Waals surface area contributed by atoms with E-state index in [9.17, 15) is 10.1 Å². The van der Waals surface area contributed by atoms with E-state index in [1.807, 2.05) is 7.05 Å². The quantitative estimate of drug-likeness (QED) is 0.364. The van der Waals surface area contributed by atoms with E-state index in [1.54, 1.807) is 19.1 Å². The molecular formula is C12H14N2O2. The molecule has 4 heteroatoms. The summed E-state index contributed by atoms with van der Waals surface area (Å²) >= 11 is 0. The minimum atomic E-state index is -0.381. The molecule has 0 amide bonds. The molecule has 1 aromatic rings. The van der Waals surface area contributed by atoms with Crippen LogP contribution in [0.2, 0.25) is 0 Å². The number of nitro groups is 1. The number of rotatable bonds is 3. The van der Waals surface area contributed by atoms with Crippen LogP contribution in [0.4, 0.5) is 5.69 Å². The Bertz CT molecular complexity index is 444. The van der Waals surface area contributed by atoms with Gasteiger partial charge in [0.2, 0.25) is 0 Å². The van der Waals surface area contributed by atoms with Crippen LogP contribution in [0.1, 0.15) is 17.5 Å². The van der Waals surface area contributed by atoms with Crippen LogP contribution in [0.15, 0.2) is 18.2 Å². The van der Waals surface area contributed by atoms with E-state index in [4.69, 9.17) is 0 Å². The molecule has 0 heterocycles. The molecule has 0 saturated heterocycles. The monoisotopic (exact) mass is 218 g/mol. The first-order valence-electron chi connectivity index (χ1n) is 5.03. The average molecular weight is 218 g/mol. The molecule has 0 saturated carbocycles. The highest BCUT2D eigenvalue weighted by Gasteiger charge is 2.09. The van der Waals surface area contributed by atoms with Crippen LogP contribution in [0, 0.1) is 28.9 Å². The summed E-state index contributed by atoms with van der Waals surface area (Å²) in [5.74, 6) is 5.86. The van der Waals surface area contributed by atoms with Gasteiger partial charge in [0.25, 0.3) is 5.69 Å². The Hall–Kier alpha value is -1.86. The molecule has 0 aliphatic heterocycles. The van der Waals surface area contributed by atoms with Gasteiger partial charge in [0.1, 0.15) is 0 Å². The van der Waals surface area contributed by atoms with Crippen LogP contribution in [-0.2, 0) is 0 Å². The second-order valence-corrected chi connectivity index (χ2v) is 3.41. The second-order valence-electron chi connectivity index (χ2n) is 3.41. The van der Waals surface area contributed by atoms with Crippen molar-refractivity contribution >= 4 is 5.69 Å². The van der Waals surface area contributed by atoms with Crippen LogP contribution in [0.25, 0.3) is 0 Å². The number of nitro benzene ring substituents is 1. The first-order valence-corrected chi connectivity index (χ1v) is 5.03. The molecule has 0 fully saturated rings. The van der Waals surface area contributed by atoms with Crippen molar-refractivity contribution in [2.75, 3.05) is 13.6 Å². The predicted octanol–water partition coefficient (Wildman–Crippen LogP) is 1.86. The minimum Gasteiger partial charge on any atom is -0.319 e. The van der Waals surface area contributed by atoms with Crippen LogP contribution >= 0.6 is 0 Å². The molecule has 0 atom stereocenters. The maximum absolute atomic E-state index is 10.7. The zero-order valence-electron chi connectivity index (χ0n) is 9.41. The predicted molar refractivity (Wildman–Crippen MR) is 63.3 cm³/mol. The molecule has 0 bridgehead atoms. The van der Waals surface area contributed by atoms with Gasteiger partial charge in [-0.3, -0.25) is 10.1 Å². The van der Waals surface area contributed by atoms with Crippen molar-refractivity contribution in [1.82, 2.24) is 5.32 Å². The molecule has 0 aliphatic carbocycles. The van der Waals surface area contributed by atoms with Crippen molar-refractivity contribution in [3.05, 3.63) is 39.4 Å². The Kier molecular flexibility index (Phi) is 4.49. The highest BCUT2D eigenvalue weighted by atomic mass is 16.6. The van der Waals surface area contributed by atoms with Gasteiger partial charge in [-0.2, -0.15) is 0 Å². The third kappa shape index (κ3) is 3.37. The van der Waals surface area contributed by atoms with E-state index >= 15 is 0 Å². The van der Waals surface area contributed by atoms with Crippen LogP contribution in [0.5, 0.6) is 0 Å². The Balaban J connectivity index is 2.85. The van der Waals surface area contributed by atoms with E-state index in [0.29, 0.717) is 11.1 Å². The fourth-order valence-electron chi connectivity index (χ4n) is 1.24. The molecule has 1 rings (SSSR count). The molecule has 4 nitrogen and oxygen atoms in total. The van der Waals surface area contributed by atoms with Crippen molar-refractivity contribution in [2.24, 2.45) is 0 Å². The van der Waals surface area contributed by atoms with E-state index in [0.717, 1.165) is 13.0 Å². The van der Waals surface area contributed by atoms with Gasteiger partial charge in [0.05, 0.1) is 4.92 Å². The summed E-state index contributed by atoms with van der Waals surface area (Å²) in [4.78, 5) is 10.3. The molecule has 0 radical (unpaired) electrons. The van der Waals surface area contributed by atoms with Crippen LogP contribution < -0.4 is 5.32 Å². The number of aryl methyl sites for hydroxylation is 1. The highest BCUT2D eigenvalue weighted by Crippen LogP contribution is 2.18. The lowest BCUT2D eigenvalue weighted by molar-refractivity contribution is -0.385. The van der Waals surface area contributed by atoms with E-state index in [-0.39, 0.29) is 10.6 Å². The van der Waals surface area contributed by atoms with Crippen molar-refractivity contribution in [2.45, 2.75) is 13.3 Å². The Labute approximate surface area is 94.8 Å². The number of hydrogen-bond acceptors (Lipinski definition) is 3. The third-order valence-electron chi connectivity index (χ3n) is 2.14. The number of nitrogens with zero attached hydrogens (tertiary/aromatic N) is 1. The molecule has 1 N–H and O–H groups in total. The zero-order chi connectivity index (χ0) is 12.0. The fraction of sp³-hybridized carbons (Fsp3) is 0.333. The van der Waals surface area contributed by atoms with Gasteiger partial charge in [-0.15, -0.1) is 0 Å². The number of nitrogens with one attached hydrogen (secondary N) is 1. The molecular weight excluding hydrogens is 204 g/mol. The van der Waals surface area contributed by atoms with Crippen molar-refractivity contribution in [1.29, 1.82) is 0 Å². The maximum Gasteiger partial charge on any atom is 0.273 e. The van der Waals surface area contributed by atoms with Gasteiger partial charge in [-0.25, -0.2) is 0 Å². The van der Waals surface area contributed by atoms with Gasteiger partial charge in [0.15, 0.2) is 0 Å². The van der Waals surface area contributed by atoms with Gasteiger partial charge in [-0.05, 0) is 20.0 Å². The molecule has 0 spiro atoms. The largest absolute Gasteiger partial charge is 0.319 e. The summed E-state index contributed by atoms with van der Waals surface area (Å²) < 4.78 is 0. The molecule has 84 valence electrons. The Morgan fingerprint density at radius 3 is 2.88 bits per heavy atom. The van der Waals surface area contributed by atoms with E-state index in [2.05, 4.69) is 17.2 Å². The number of benzene rings is 1. The smallest absolute Gasteiger partial charge is 0.273 e. The lowest BCUT2D eigenvalue weighted by Crippen LogP contribution is -2.05. The minimum absolute atomic E-state index is 0.125. The van der Waals surface area contributed by atoms with E-state index < -0.39 is 0 Å². The van der Waals surface area contributed by atoms with Crippen molar-refractivity contribution < 1.29 is 4.92 Å². The maximum atomic E-state index is 10.7. The SMILES string of the molecule is CNCCC#Cc1ccc(C)c([N+](=O)[O-])c1. The van der Waals surface area contributed by atoms with Gasteiger partial charge < -0.3 is 5.32 Å². The normalized spacial score (nSPS) is 9.38. The zero-order valence-corrected chi connectivity index (χ0v) is 9.41. The van der Waals surface area contributed by atoms with Crippen LogP contribution in [-0.4, -0.2) is 18.5 Å². The van der Waals surface area contributed by atoms with E-state index in [1.165, 1.54) is 6.07 Å². The lowest BCUT2D eigenvalue weighted by Gasteiger charge is -1.96. The third-order valence-corrected chi connectivity index (χ3v) is 2.14. The number of hydrogen-bond donors (Lipinski definition) is 1. The van der Waals surface area contributed by atoms with Crippen LogP contribution in [0.3, 0.4) is 0 Å². The highest BCUT2D eigenvalue weighted by molar-refractivity contribution is 5.48. The molecule has 0 aromatic heterocycles. The first kappa shape index (κ1) is 12.2. The summed E-state index contributed by atoms with van der Waals surface area (Å²) in [5.41, 5.74) is 1.47. The summed E-state index contributed by atoms with van der Waals surface area (Å²) in [6.45, 7) is 2.54. The second kappa shape index (κ2) is 5.89. The average Bonchev–Trinajstić information content (AvgIpc) is 2.26. The molecule has 0 unspecified atom stereocenters. The van der Waals surface area contributed by atoms with Crippen molar-refractivity contribution in [3.63, 3.8) is 0 Å². The Morgan fingerprint density at radius 2 is 2.25 bits per heavy atom. The van der Waals surface area contributed by atoms with Gasteiger partial charge >= 0.3 is 0 Å². The molecule has 1 aromatic carbocycles. The summed E-state index contributed by atoms with van der Waals surface area (Å²) in [6, 6.07) is 5.04. The molecule has 0 aliphatic rings. The summed E-state index contributed by atoms with van der Waals surface area (Å²) in [7, 11) is 1.86. The van der Waals surface area contributed by atoms with Gasteiger partial charge in [-0.1, -0.05) is 17.9 Å². The summed E-state index contributed by atoms with van der Waals surface area (Å²) in [6.07, 6.45) is 0.734. The lowest BCUT2D eigenvalue weighted by atomic mass is 10.1. The fourth-order valence-corrected chi connectivity index (χ4v) is 1.24. The van der Waals surface area contributed by atoms with Crippen molar-refractivity contribution in [3.8, 4) is 11.8 Å². The molecule has 16 heavy (non-hydrogen) atoms. The Morgan fingerprint density at radius 1 is 1.50 bits per heavy atom. The topological polar surface area (TPSA) is 55.2 Å². The first-order chi connectivity index (χ1) is 7.65. The van der Waals surface area contributed by atoms with Gasteiger partial charge in [0, 0.05) is 30.2 Å². The standard InChI is InChI=1S/C12H14N2O2/c1-10-6-7-11(5-3-4-8-13-2)9-12(10)14(15)16/h6-7,9,13H,4,8H2,1-2H3.